The molecule has 0 saturated heterocycles. The first-order chi connectivity index (χ1) is 11.5. The Balaban J connectivity index is 1.53. The summed E-state index contributed by atoms with van der Waals surface area (Å²) in [4.78, 5) is 3.35. The van der Waals surface area contributed by atoms with Gasteiger partial charge in [0.1, 0.15) is 11.5 Å². The lowest BCUT2D eigenvalue weighted by molar-refractivity contribution is 0.320. The van der Waals surface area contributed by atoms with Gasteiger partial charge in [0.15, 0.2) is 0 Å². The molecule has 3 nitrogen and oxygen atoms in total. The molecule has 2 aromatic heterocycles. The van der Waals surface area contributed by atoms with Crippen LogP contribution in [0.5, 0.6) is 0 Å². The zero-order valence-electron chi connectivity index (χ0n) is 15.1. The van der Waals surface area contributed by atoms with Crippen LogP contribution < -0.4 is 5.32 Å². The van der Waals surface area contributed by atoms with Crippen molar-refractivity contribution in [3.05, 3.63) is 59.7 Å². The Morgan fingerprint density at radius 3 is 2.71 bits per heavy atom. The van der Waals surface area contributed by atoms with Crippen LogP contribution >= 0.6 is 0 Å². The Morgan fingerprint density at radius 1 is 1.17 bits per heavy atom. The van der Waals surface area contributed by atoms with Crippen molar-refractivity contribution >= 4 is 10.9 Å². The van der Waals surface area contributed by atoms with Crippen molar-refractivity contribution in [3.8, 4) is 0 Å². The van der Waals surface area contributed by atoms with Gasteiger partial charge in [-0.15, -0.1) is 0 Å². The maximum absolute atomic E-state index is 5.83. The highest BCUT2D eigenvalue weighted by Crippen LogP contribution is 2.29. The van der Waals surface area contributed by atoms with Gasteiger partial charge in [0.05, 0.1) is 0 Å². The fourth-order valence-corrected chi connectivity index (χ4v) is 3.53. The van der Waals surface area contributed by atoms with Crippen LogP contribution in [0.1, 0.15) is 44.3 Å². The van der Waals surface area contributed by atoms with Gasteiger partial charge < -0.3 is 14.7 Å². The standard InChI is InChI=1S/C21H28N2O/c1-15(13-21(3,4)20-10-9-16(2)24-20)22-12-11-17-14-23-19-8-6-5-7-18(17)19/h5-10,14-15,22-23H,11-13H2,1-4H3/t15-/m0/s1. The van der Waals surface area contributed by atoms with Gasteiger partial charge in [0, 0.05) is 28.6 Å². The number of aromatic amines is 1. The van der Waals surface area contributed by atoms with Crippen LogP contribution in [-0.2, 0) is 11.8 Å². The average Bonchev–Trinajstić information content (AvgIpc) is 3.14. The van der Waals surface area contributed by atoms with E-state index < -0.39 is 0 Å². The molecule has 0 saturated carbocycles. The van der Waals surface area contributed by atoms with E-state index in [1.165, 1.54) is 16.5 Å². The molecule has 0 aliphatic rings. The molecule has 0 aliphatic carbocycles. The summed E-state index contributed by atoms with van der Waals surface area (Å²) in [6.45, 7) is 9.75. The minimum Gasteiger partial charge on any atom is -0.466 e. The predicted molar refractivity (Wildman–Crippen MR) is 101 cm³/mol. The Morgan fingerprint density at radius 2 is 1.96 bits per heavy atom. The largest absolute Gasteiger partial charge is 0.466 e. The smallest absolute Gasteiger partial charge is 0.109 e. The van der Waals surface area contributed by atoms with E-state index in [0.29, 0.717) is 6.04 Å². The summed E-state index contributed by atoms with van der Waals surface area (Å²) in [5, 5.41) is 4.99. The van der Waals surface area contributed by atoms with Crippen molar-refractivity contribution in [1.82, 2.24) is 10.3 Å². The molecule has 1 aromatic carbocycles. The average molecular weight is 324 g/mol. The minimum atomic E-state index is 0.0431. The first kappa shape index (κ1) is 16.8. The van der Waals surface area contributed by atoms with Gasteiger partial charge in [0.25, 0.3) is 0 Å². The minimum absolute atomic E-state index is 0.0431. The van der Waals surface area contributed by atoms with Gasteiger partial charge in [-0.3, -0.25) is 0 Å². The fraction of sp³-hybridized carbons (Fsp3) is 0.429. The maximum atomic E-state index is 5.83. The zero-order valence-corrected chi connectivity index (χ0v) is 15.1. The maximum Gasteiger partial charge on any atom is 0.109 e. The Kier molecular flexibility index (Phi) is 4.81. The summed E-state index contributed by atoms with van der Waals surface area (Å²) >= 11 is 0. The number of benzene rings is 1. The molecule has 24 heavy (non-hydrogen) atoms. The summed E-state index contributed by atoms with van der Waals surface area (Å²) in [6.07, 6.45) is 4.22. The van der Waals surface area contributed by atoms with E-state index in [-0.39, 0.29) is 5.41 Å². The molecule has 0 spiro atoms. The second-order valence-electron chi connectivity index (χ2n) is 7.46. The Hall–Kier alpha value is -2.00. The molecule has 0 aliphatic heterocycles. The van der Waals surface area contributed by atoms with E-state index in [1.807, 2.05) is 13.0 Å². The number of para-hydroxylation sites is 1. The lowest BCUT2D eigenvalue weighted by Crippen LogP contribution is -2.34. The highest BCUT2D eigenvalue weighted by molar-refractivity contribution is 5.83. The van der Waals surface area contributed by atoms with Crippen molar-refractivity contribution < 1.29 is 4.42 Å². The van der Waals surface area contributed by atoms with Crippen LogP contribution in [0.3, 0.4) is 0 Å². The second kappa shape index (κ2) is 6.86. The molecular formula is C21H28N2O. The molecular weight excluding hydrogens is 296 g/mol. The van der Waals surface area contributed by atoms with E-state index in [1.54, 1.807) is 0 Å². The monoisotopic (exact) mass is 324 g/mol. The summed E-state index contributed by atoms with van der Waals surface area (Å²) < 4.78 is 5.83. The normalized spacial score (nSPS) is 13.5. The topological polar surface area (TPSA) is 41.0 Å². The van der Waals surface area contributed by atoms with Crippen LogP contribution in [0.15, 0.2) is 47.0 Å². The molecule has 2 N–H and O–H groups in total. The summed E-state index contributed by atoms with van der Waals surface area (Å²) in [7, 11) is 0. The molecule has 3 heteroatoms. The van der Waals surface area contributed by atoms with E-state index in [2.05, 4.69) is 67.6 Å². The molecule has 3 aromatic rings. The first-order valence-electron chi connectivity index (χ1n) is 8.81. The number of H-pyrrole nitrogens is 1. The van der Waals surface area contributed by atoms with Crippen molar-refractivity contribution in [3.63, 3.8) is 0 Å². The highest BCUT2D eigenvalue weighted by atomic mass is 16.3. The van der Waals surface area contributed by atoms with Crippen molar-refractivity contribution in [2.24, 2.45) is 0 Å². The molecule has 2 heterocycles. The summed E-state index contributed by atoms with van der Waals surface area (Å²) in [6, 6.07) is 13.1. The number of aryl methyl sites for hydroxylation is 1. The predicted octanol–water partition coefficient (Wildman–Crippen LogP) is 4.96. The molecule has 128 valence electrons. The number of rotatable bonds is 7. The quantitative estimate of drug-likeness (QED) is 0.645. The zero-order chi connectivity index (χ0) is 17.2. The van der Waals surface area contributed by atoms with Gasteiger partial charge in [-0.05, 0) is 57.0 Å². The molecule has 0 radical (unpaired) electrons. The van der Waals surface area contributed by atoms with E-state index in [0.717, 1.165) is 30.9 Å². The lowest BCUT2D eigenvalue weighted by atomic mass is 9.83. The SMILES string of the molecule is Cc1ccc(C(C)(C)C[C@H](C)NCCc2c[nH]c3ccccc23)o1. The fourth-order valence-electron chi connectivity index (χ4n) is 3.53. The number of nitrogens with one attached hydrogen (secondary N) is 2. The Bertz CT molecular complexity index is 797. The molecule has 0 bridgehead atoms. The third-order valence-electron chi connectivity index (χ3n) is 4.79. The van der Waals surface area contributed by atoms with Gasteiger partial charge in [0.2, 0.25) is 0 Å². The molecule has 1 atom stereocenters. The Labute approximate surface area is 144 Å². The van der Waals surface area contributed by atoms with Crippen LogP contribution in [0.2, 0.25) is 0 Å². The van der Waals surface area contributed by atoms with Crippen molar-refractivity contribution in [2.75, 3.05) is 6.54 Å². The number of hydrogen-bond donors (Lipinski definition) is 2. The third kappa shape index (κ3) is 3.73. The van der Waals surface area contributed by atoms with Gasteiger partial charge in [-0.1, -0.05) is 32.0 Å². The van der Waals surface area contributed by atoms with Gasteiger partial charge in [-0.25, -0.2) is 0 Å². The first-order valence-corrected chi connectivity index (χ1v) is 8.81. The van der Waals surface area contributed by atoms with Gasteiger partial charge in [-0.2, -0.15) is 0 Å². The number of hydrogen-bond acceptors (Lipinski definition) is 2. The number of aromatic nitrogens is 1. The van der Waals surface area contributed by atoms with Crippen molar-refractivity contribution in [1.29, 1.82) is 0 Å². The molecule has 0 fully saturated rings. The molecule has 0 unspecified atom stereocenters. The van der Waals surface area contributed by atoms with Gasteiger partial charge >= 0.3 is 0 Å². The lowest BCUT2D eigenvalue weighted by Gasteiger charge is -2.26. The molecule has 3 rings (SSSR count). The second-order valence-corrected chi connectivity index (χ2v) is 7.46. The highest BCUT2D eigenvalue weighted by Gasteiger charge is 2.26. The van der Waals surface area contributed by atoms with Crippen LogP contribution in [0, 0.1) is 6.92 Å². The number of furan rings is 1. The van der Waals surface area contributed by atoms with Crippen LogP contribution in [0.4, 0.5) is 0 Å². The van der Waals surface area contributed by atoms with Crippen LogP contribution in [0.25, 0.3) is 10.9 Å². The summed E-state index contributed by atoms with van der Waals surface area (Å²) in [5.74, 6) is 2.06. The van der Waals surface area contributed by atoms with Crippen LogP contribution in [-0.4, -0.2) is 17.6 Å². The molecule has 0 amide bonds. The third-order valence-corrected chi connectivity index (χ3v) is 4.79. The van der Waals surface area contributed by atoms with E-state index in [9.17, 15) is 0 Å². The van der Waals surface area contributed by atoms with E-state index >= 15 is 0 Å². The summed E-state index contributed by atoms with van der Waals surface area (Å²) in [5.41, 5.74) is 2.64. The van der Waals surface area contributed by atoms with Crippen molar-refractivity contribution in [2.45, 2.75) is 52.0 Å². The number of fused-ring (bicyclic) bond motifs is 1. The van der Waals surface area contributed by atoms with E-state index in [4.69, 9.17) is 4.42 Å².